The summed E-state index contributed by atoms with van der Waals surface area (Å²) in [4.78, 5) is 14.6. The van der Waals surface area contributed by atoms with Gasteiger partial charge in [-0.05, 0) is 12.5 Å². The number of para-hydroxylation sites is 1. The zero-order valence-electron chi connectivity index (χ0n) is 13.6. The smallest absolute Gasteiger partial charge is 0.227 e. The third-order valence-electron chi connectivity index (χ3n) is 4.82. The maximum atomic E-state index is 12.7. The Morgan fingerprint density at radius 2 is 2.29 bits per heavy atom. The fraction of sp³-hybridized carbons (Fsp3) is 0.471. The van der Waals surface area contributed by atoms with Crippen LogP contribution in [0.1, 0.15) is 23.7 Å². The number of aromatic nitrogens is 3. The van der Waals surface area contributed by atoms with E-state index < -0.39 is 0 Å². The van der Waals surface area contributed by atoms with E-state index in [1.165, 1.54) is 0 Å². The number of nitrogens with zero attached hydrogens (tertiary/aromatic N) is 4. The van der Waals surface area contributed by atoms with Crippen molar-refractivity contribution in [3.8, 4) is 5.75 Å². The molecule has 1 amide bonds. The van der Waals surface area contributed by atoms with Gasteiger partial charge < -0.3 is 14.4 Å². The molecule has 2 aliphatic heterocycles. The summed E-state index contributed by atoms with van der Waals surface area (Å²) in [6.45, 7) is 1.86. The number of likely N-dealkylation sites (tertiary alicyclic amines) is 1. The lowest BCUT2D eigenvalue weighted by Gasteiger charge is -2.41. The summed E-state index contributed by atoms with van der Waals surface area (Å²) in [7, 11) is 1.63. The minimum atomic E-state index is 0.0478. The molecule has 1 saturated heterocycles. The molecule has 7 heteroatoms. The summed E-state index contributed by atoms with van der Waals surface area (Å²) in [5.74, 6) is 0.852. The van der Waals surface area contributed by atoms with E-state index in [-0.39, 0.29) is 18.1 Å². The Bertz CT molecular complexity index is 745. The molecule has 0 spiro atoms. The number of rotatable bonds is 3. The molecule has 3 heterocycles. The predicted octanol–water partition coefficient (Wildman–Crippen LogP) is 1.20. The molecule has 2 aliphatic rings. The number of methoxy groups -OCH3 is 1. The van der Waals surface area contributed by atoms with Gasteiger partial charge in [0.05, 0.1) is 44.2 Å². The van der Waals surface area contributed by atoms with Gasteiger partial charge >= 0.3 is 0 Å². The molecule has 1 aromatic carbocycles. The zero-order chi connectivity index (χ0) is 16.5. The van der Waals surface area contributed by atoms with Crippen molar-refractivity contribution in [3.63, 3.8) is 0 Å². The van der Waals surface area contributed by atoms with Crippen LogP contribution in [0.2, 0.25) is 0 Å². The van der Waals surface area contributed by atoms with Gasteiger partial charge in [-0.25, -0.2) is 4.68 Å². The number of hydrogen-bond acceptors (Lipinski definition) is 5. The summed E-state index contributed by atoms with van der Waals surface area (Å²) in [6.07, 6.45) is 2.99. The van der Waals surface area contributed by atoms with Crippen LogP contribution in [0, 0.1) is 0 Å². The Kier molecular flexibility index (Phi) is 3.93. The molecular formula is C17H20N4O3. The van der Waals surface area contributed by atoms with Crippen LogP contribution in [0.15, 0.2) is 30.5 Å². The van der Waals surface area contributed by atoms with E-state index in [0.29, 0.717) is 26.1 Å². The van der Waals surface area contributed by atoms with Crippen molar-refractivity contribution >= 4 is 5.91 Å². The monoisotopic (exact) mass is 328 g/mol. The molecule has 2 atom stereocenters. The van der Waals surface area contributed by atoms with Gasteiger partial charge in [-0.3, -0.25) is 4.79 Å². The number of piperidine rings is 1. The van der Waals surface area contributed by atoms with Crippen molar-refractivity contribution in [2.45, 2.75) is 31.6 Å². The third kappa shape index (κ3) is 2.65. The van der Waals surface area contributed by atoms with E-state index in [2.05, 4.69) is 10.3 Å². The fourth-order valence-corrected chi connectivity index (χ4v) is 3.53. The average Bonchev–Trinajstić information content (AvgIpc) is 3.11. The molecule has 1 aromatic heterocycles. The van der Waals surface area contributed by atoms with E-state index >= 15 is 0 Å². The van der Waals surface area contributed by atoms with Gasteiger partial charge in [0.1, 0.15) is 5.75 Å². The standard InChI is InChI=1S/C17H20N4O3/c1-23-15-5-3-2-4-12(15)8-17(22)20-7-6-16-14(10-20)21-13(11-24-16)9-18-19-21/h2-5,9,14,16H,6-8,10-11H2,1H3/t14-,16-/m0/s1. The highest BCUT2D eigenvalue weighted by molar-refractivity contribution is 5.79. The van der Waals surface area contributed by atoms with E-state index in [9.17, 15) is 4.79 Å². The zero-order valence-corrected chi connectivity index (χ0v) is 13.6. The van der Waals surface area contributed by atoms with Gasteiger partial charge in [-0.1, -0.05) is 23.4 Å². The molecular weight excluding hydrogens is 308 g/mol. The van der Waals surface area contributed by atoms with Crippen molar-refractivity contribution in [2.75, 3.05) is 20.2 Å². The molecule has 0 unspecified atom stereocenters. The molecule has 2 aromatic rings. The first kappa shape index (κ1) is 15.1. The summed E-state index contributed by atoms with van der Waals surface area (Å²) < 4.78 is 13.1. The van der Waals surface area contributed by atoms with Gasteiger partial charge in [0, 0.05) is 18.7 Å². The highest BCUT2D eigenvalue weighted by atomic mass is 16.5. The first-order valence-electron chi connectivity index (χ1n) is 8.16. The molecule has 0 N–H and O–H groups in total. The second kappa shape index (κ2) is 6.24. The summed E-state index contributed by atoms with van der Waals surface area (Å²) in [5.41, 5.74) is 1.88. The molecule has 0 radical (unpaired) electrons. The van der Waals surface area contributed by atoms with Crippen molar-refractivity contribution in [2.24, 2.45) is 0 Å². The van der Waals surface area contributed by atoms with Gasteiger partial charge in [-0.15, -0.1) is 5.10 Å². The number of amides is 1. The van der Waals surface area contributed by atoms with Gasteiger partial charge in [0.15, 0.2) is 0 Å². The molecule has 0 aliphatic carbocycles. The Labute approximate surface area is 140 Å². The van der Waals surface area contributed by atoms with Crippen LogP contribution < -0.4 is 4.74 Å². The van der Waals surface area contributed by atoms with E-state index in [0.717, 1.165) is 23.4 Å². The van der Waals surface area contributed by atoms with Crippen LogP contribution in [0.4, 0.5) is 0 Å². The Hall–Kier alpha value is -2.41. The highest BCUT2D eigenvalue weighted by Crippen LogP contribution is 2.30. The van der Waals surface area contributed by atoms with Gasteiger partial charge in [0.25, 0.3) is 0 Å². The van der Waals surface area contributed by atoms with Crippen LogP contribution in [0.5, 0.6) is 5.75 Å². The number of fused-ring (bicyclic) bond motifs is 3. The van der Waals surface area contributed by atoms with Crippen LogP contribution in [-0.4, -0.2) is 52.1 Å². The lowest BCUT2D eigenvalue weighted by Crippen LogP contribution is -2.50. The van der Waals surface area contributed by atoms with Crippen molar-refractivity contribution < 1.29 is 14.3 Å². The molecule has 0 bridgehead atoms. The summed E-state index contributed by atoms with van der Waals surface area (Å²) in [5, 5.41) is 8.14. The van der Waals surface area contributed by atoms with Gasteiger partial charge in [0.2, 0.25) is 5.91 Å². The second-order valence-electron chi connectivity index (χ2n) is 6.20. The third-order valence-corrected chi connectivity index (χ3v) is 4.82. The van der Waals surface area contributed by atoms with E-state index in [1.807, 2.05) is 33.8 Å². The topological polar surface area (TPSA) is 69.5 Å². The molecule has 126 valence electrons. The Morgan fingerprint density at radius 1 is 1.42 bits per heavy atom. The molecule has 4 rings (SSSR count). The molecule has 7 nitrogen and oxygen atoms in total. The maximum Gasteiger partial charge on any atom is 0.227 e. The highest BCUT2D eigenvalue weighted by Gasteiger charge is 2.37. The Morgan fingerprint density at radius 3 is 3.17 bits per heavy atom. The quantitative estimate of drug-likeness (QED) is 0.847. The summed E-state index contributed by atoms with van der Waals surface area (Å²) >= 11 is 0. The Balaban J connectivity index is 1.49. The lowest BCUT2D eigenvalue weighted by molar-refractivity contribution is -0.137. The van der Waals surface area contributed by atoms with Crippen molar-refractivity contribution in [3.05, 3.63) is 41.7 Å². The molecule has 24 heavy (non-hydrogen) atoms. The normalized spacial score (nSPS) is 22.6. The molecule has 1 fully saturated rings. The van der Waals surface area contributed by atoms with Crippen molar-refractivity contribution in [1.82, 2.24) is 19.9 Å². The van der Waals surface area contributed by atoms with Crippen molar-refractivity contribution in [1.29, 1.82) is 0 Å². The maximum absolute atomic E-state index is 12.7. The summed E-state index contributed by atoms with van der Waals surface area (Å²) in [6, 6.07) is 7.69. The van der Waals surface area contributed by atoms with Crippen LogP contribution >= 0.6 is 0 Å². The second-order valence-corrected chi connectivity index (χ2v) is 6.20. The number of carbonyl (C=O) groups excluding carboxylic acids is 1. The fourth-order valence-electron chi connectivity index (χ4n) is 3.53. The van der Waals surface area contributed by atoms with Crippen LogP contribution in [-0.2, 0) is 22.6 Å². The SMILES string of the molecule is COc1ccccc1CC(=O)N1CC[C@@H]2OCc3cnnn3[C@H]2C1. The van der Waals surface area contributed by atoms with Crippen LogP contribution in [0.25, 0.3) is 0 Å². The number of benzene rings is 1. The van der Waals surface area contributed by atoms with Crippen LogP contribution in [0.3, 0.4) is 0 Å². The van der Waals surface area contributed by atoms with E-state index in [1.54, 1.807) is 13.3 Å². The minimum Gasteiger partial charge on any atom is -0.496 e. The minimum absolute atomic E-state index is 0.0478. The number of ether oxygens (including phenoxy) is 2. The predicted molar refractivity (Wildman–Crippen MR) is 85.5 cm³/mol. The van der Waals surface area contributed by atoms with Gasteiger partial charge in [-0.2, -0.15) is 0 Å². The largest absolute Gasteiger partial charge is 0.496 e. The first-order chi connectivity index (χ1) is 11.8. The number of carbonyl (C=O) groups is 1. The molecule has 0 saturated carbocycles. The van der Waals surface area contributed by atoms with E-state index in [4.69, 9.17) is 9.47 Å². The first-order valence-corrected chi connectivity index (χ1v) is 8.16. The number of hydrogen-bond donors (Lipinski definition) is 0. The average molecular weight is 328 g/mol. The lowest BCUT2D eigenvalue weighted by atomic mass is 9.99.